The molecule has 0 saturated carbocycles. The molecule has 2 rings (SSSR count). The molecule has 2 heterocycles. The lowest BCUT2D eigenvalue weighted by Crippen LogP contribution is -2.30. The van der Waals surface area contributed by atoms with Crippen LogP contribution in [0.5, 0.6) is 0 Å². The van der Waals surface area contributed by atoms with Crippen LogP contribution in [0.25, 0.3) is 0 Å². The molecule has 0 amide bonds. The normalized spacial score (nSPS) is 12.9. The van der Waals surface area contributed by atoms with Crippen LogP contribution < -0.4 is 5.32 Å². The molecule has 0 aliphatic heterocycles. The molecule has 6 nitrogen and oxygen atoms in total. The van der Waals surface area contributed by atoms with Gasteiger partial charge in [-0.25, -0.2) is 0 Å². The van der Waals surface area contributed by atoms with Crippen LogP contribution in [0.1, 0.15) is 12.6 Å². The Labute approximate surface area is 94.3 Å². The molecule has 0 bridgehead atoms. The zero-order chi connectivity index (χ0) is 11.4. The SMILES string of the molecule is CC(Cn1cccn1)NCc1cn(C)nn1. The molecule has 2 aromatic heterocycles. The zero-order valence-corrected chi connectivity index (χ0v) is 9.54. The van der Waals surface area contributed by atoms with Crippen LogP contribution in [0.3, 0.4) is 0 Å². The standard InChI is InChI=1S/C10H16N6/c1-9(7-16-5-3-4-12-16)11-6-10-8-15(2)14-13-10/h3-5,8-9,11H,6-7H2,1-2H3. The average molecular weight is 220 g/mol. The van der Waals surface area contributed by atoms with Crippen molar-refractivity contribution in [3.05, 3.63) is 30.4 Å². The lowest BCUT2D eigenvalue weighted by molar-refractivity contribution is 0.448. The van der Waals surface area contributed by atoms with Crippen molar-refractivity contribution in [2.45, 2.75) is 26.1 Å². The summed E-state index contributed by atoms with van der Waals surface area (Å²) in [5.41, 5.74) is 0.954. The van der Waals surface area contributed by atoms with Crippen LogP contribution in [-0.2, 0) is 20.1 Å². The third-order valence-electron chi connectivity index (χ3n) is 2.30. The minimum atomic E-state index is 0.349. The summed E-state index contributed by atoms with van der Waals surface area (Å²) in [6.07, 6.45) is 5.66. The number of aryl methyl sites for hydroxylation is 1. The van der Waals surface area contributed by atoms with E-state index in [-0.39, 0.29) is 0 Å². The monoisotopic (exact) mass is 220 g/mol. The molecule has 2 aromatic rings. The van der Waals surface area contributed by atoms with Crippen LogP contribution in [0.4, 0.5) is 0 Å². The van der Waals surface area contributed by atoms with Crippen LogP contribution >= 0.6 is 0 Å². The molecule has 6 heteroatoms. The fourth-order valence-electron chi connectivity index (χ4n) is 1.51. The smallest absolute Gasteiger partial charge is 0.0964 e. The highest BCUT2D eigenvalue weighted by Crippen LogP contribution is 1.94. The van der Waals surface area contributed by atoms with Gasteiger partial charge in [-0.1, -0.05) is 5.21 Å². The van der Waals surface area contributed by atoms with E-state index in [9.17, 15) is 0 Å². The van der Waals surface area contributed by atoms with Gasteiger partial charge in [0.2, 0.25) is 0 Å². The molecule has 0 saturated heterocycles. The first-order valence-electron chi connectivity index (χ1n) is 5.30. The van der Waals surface area contributed by atoms with Crippen molar-refractivity contribution in [3.63, 3.8) is 0 Å². The molecule has 0 aliphatic rings. The van der Waals surface area contributed by atoms with Gasteiger partial charge in [-0.2, -0.15) is 5.10 Å². The Kier molecular flexibility index (Phi) is 3.31. The Balaban J connectivity index is 1.77. The van der Waals surface area contributed by atoms with Gasteiger partial charge in [0.1, 0.15) is 0 Å². The van der Waals surface area contributed by atoms with E-state index in [1.54, 1.807) is 10.9 Å². The summed E-state index contributed by atoms with van der Waals surface area (Å²) in [6, 6.07) is 2.27. The maximum Gasteiger partial charge on any atom is 0.0964 e. The number of hydrogen-bond donors (Lipinski definition) is 1. The van der Waals surface area contributed by atoms with E-state index in [1.165, 1.54) is 0 Å². The van der Waals surface area contributed by atoms with Gasteiger partial charge in [-0.05, 0) is 13.0 Å². The van der Waals surface area contributed by atoms with Crippen LogP contribution in [0.15, 0.2) is 24.7 Å². The van der Waals surface area contributed by atoms with E-state index in [0.29, 0.717) is 6.04 Å². The van der Waals surface area contributed by atoms with E-state index in [2.05, 4.69) is 27.7 Å². The summed E-state index contributed by atoms with van der Waals surface area (Å²) in [6.45, 7) is 3.71. The van der Waals surface area contributed by atoms with Crippen LogP contribution in [0.2, 0.25) is 0 Å². The molecule has 1 N–H and O–H groups in total. The molecule has 0 aliphatic carbocycles. The summed E-state index contributed by atoms with van der Waals surface area (Å²) >= 11 is 0. The van der Waals surface area contributed by atoms with Gasteiger partial charge in [-0.3, -0.25) is 9.36 Å². The second-order valence-electron chi connectivity index (χ2n) is 3.89. The van der Waals surface area contributed by atoms with Gasteiger partial charge in [-0.15, -0.1) is 5.10 Å². The van der Waals surface area contributed by atoms with E-state index >= 15 is 0 Å². The molecule has 0 spiro atoms. The fourth-order valence-corrected chi connectivity index (χ4v) is 1.51. The summed E-state index contributed by atoms with van der Waals surface area (Å²) in [4.78, 5) is 0. The van der Waals surface area contributed by atoms with Gasteiger partial charge in [0.05, 0.1) is 12.2 Å². The van der Waals surface area contributed by atoms with Gasteiger partial charge in [0.15, 0.2) is 0 Å². The summed E-state index contributed by atoms with van der Waals surface area (Å²) in [5.74, 6) is 0. The molecule has 1 unspecified atom stereocenters. The molecule has 0 aromatic carbocycles. The predicted octanol–water partition coefficient (Wildman–Crippen LogP) is 0.190. The van der Waals surface area contributed by atoms with Crippen molar-refractivity contribution in [2.75, 3.05) is 0 Å². The Bertz CT molecular complexity index is 418. The zero-order valence-electron chi connectivity index (χ0n) is 9.54. The van der Waals surface area contributed by atoms with Gasteiger partial charge in [0.25, 0.3) is 0 Å². The number of hydrogen-bond acceptors (Lipinski definition) is 4. The molecule has 86 valence electrons. The topological polar surface area (TPSA) is 60.6 Å². The first-order chi connectivity index (χ1) is 7.74. The lowest BCUT2D eigenvalue weighted by Gasteiger charge is -2.12. The van der Waals surface area contributed by atoms with Crippen molar-refractivity contribution in [2.24, 2.45) is 7.05 Å². The number of aromatic nitrogens is 5. The first-order valence-corrected chi connectivity index (χ1v) is 5.30. The van der Waals surface area contributed by atoms with Crippen LogP contribution in [0, 0.1) is 0 Å². The van der Waals surface area contributed by atoms with E-state index in [1.807, 2.05) is 30.2 Å². The Morgan fingerprint density at radius 3 is 3.00 bits per heavy atom. The number of nitrogens with one attached hydrogen (secondary N) is 1. The van der Waals surface area contributed by atoms with Crippen molar-refractivity contribution in [1.29, 1.82) is 0 Å². The third kappa shape index (κ3) is 2.90. The van der Waals surface area contributed by atoms with Crippen molar-refractivity contribution in [3.8, 4) is 0 Å². The highest BCUT2D eigenvalue weighted by atomic mass is 15.4. The largest absolute Gasteiger partial charge is 0.307 e. The van der Waals surface area contributed by atoms with E-state index in [4.69, 9.17) is 0 Å². The highest BCUT2D eigenvalue weighted by molar-refractivity contribution is 4.91. The Morgan fingerprint density at radius 2 is 2.38 bits per heavy atom. The molecule has 0 fully saturated rings. The molecular formula is C10H16N6. The summed E-state index contributed by atoms with van der Waals surface area (Å²) in [5, 5.41) is 15.4. The van der Waals surface area contributed by atoms with Crippen molar-refractivity contribution < 1.29 is 0 Å². The minimum absolute atomic E-state index is 0.349. The highest BCUT2D eigenvalue weighted by Gasteiger charge is 2.04. The van der Waals surface area contributed by atoms with Crippen molar-refractivity contribution in [1.82, 2.24) is 30.1 Å². The number of nitrogens with zero attached hydrogens (tertiary/aromatic N) is 5. The maximum atomic E-state index is 4.16. The first kappa shape index (κ1) is 10.8. The molecular weight excluding hydrogens is 204 g/mol. The Hall–Kier alpha value is -1.69. The van der Waals surface area contributed by atoms with E-state index in [0.717, 1.165) is 18.8 Å². The molecule has 0 radical (unpaired) electrons. The van der Waals surface area contributed by atoms with Gasteiger partial charge < -0.3 is 5.32 Å². The van der Waals surface area contributed by atoms with Gasteiger partial charge >= 0.3 is 0 Å². The lowest BCUT2D eigenvalue weighted by atomic mass is 10.3. The molecule has 16 heavy (non-hydrogen) atoms. The minimum Gasteiger partial charge on any atom is -0.307 e. The van der Waals surface area contributed by atoms with E-state index < -0.39 is 0 Å². The summed E-state index contributed by atoms with van der Waals surface area (Å²) in [7, 11) is 1.86. The summed E-state index contributed by atoms with van der Waals surface area (Å²) < 4.78 is 3.61. The third-order valence-corrected chi connectivity index (χ3v) is 2.30. The van der Waals surface area contributed by atoms with Crippen molar-refractivity contribution >= 4 is 0 Å². The number of rotatable bonds is 5. The quantitative estimate of drug-likeness (QED) is 0.781. The maximum absolute atomic E-state index is 4.16. The second kappa shape index (κ2) is 4.89. The van der Waals surface area contributed by atoms with Gasteiger partial charge in [0, 0.05) is 38.2 Å². The average Bonchev–Trinajstić information content (AvgIpc) is 2.87. The van der Waals surface area contributed by atoms with Crippen LogP contribution in [-0.4, -0.2) is 30.8 Å². The fraction of sp³-hybridized carbons (Fsp3) is 0.500. The predicted molar refractivity (Wildman–Crippen MR) is 59.5 cm³/mol. The Morgan fingerprint density at radius 1 is 1.50 bits per heavy atom. The second-order valence-corrected chi connectivity index (χ2v) is 3.89. The molecule has 1 atom stereocenters.